The second-order valence-electron chi connectivity index (χ2n) is 10.4. The number of hydrogen-bond donors (Lipinski definition) is 0. The average molecular weight is 663 g/mol. The van der Waals surface area contributed by atoms with Crippen LogP contribution in [0.25, 0.3) is 0 Å². The van der Waals surface area contributed by atoms with Crippen molar-refractivity contribution in [3.05, 3.63) is 131 Å². The zero-order chi connectivity index (χ0) is 29.0. The van der Waals surface area contributed by atoms with Crippen molar-refractivity contribution in [2.45, 2.75) is 37.8 Å². The molecule has 4 heterocycles. The first kappa shape index (κ1) is 41.2. The third-order valence-corrected chi connectivity index (χ3v) is 7.61. The van der Waals surface area contributed by atoms with Gasteiger partial charge in [-0.15, -0.1) is 0 Å². The van der Waals surface area contributed by atoms with Gasteiger partial charge in [-0.1, -0.05) is 66.7 Å². The Morgan fingerprint density at radius 3 is 1.49 bits per heavy atom. The van der Waals surface area contributed by atoms with E-state index in [1.807, 2.05) is 36.9 Å². The summed E-state index contributed by atoms with van der Waals surface area (Å²) in [7, 11) is 4.37. The molecule has 243 valence electrons. The van der Waals surface area contributed by atoms with Gasteiger partial charge in [-0.05, 0) is 76.1 Å². The number of ketones is 1. The van der Waals surface area contributed by atoms with Crippen molar-refractivity contribution in [3.63, 3.8) is 0 Å². The Morgan fingerprint density at radius 1 is 0.667 bits per heavy atom. The van der Waals surface area contributed by atoms with Crippen LogP contribution in [0.5, 0.6) is 0 Å². The van der Waals surface area contributed by atoms with Crippen LogP contribution < -0.4 is 5.11 Å². The summed E-state index contributed by atoms with van der Waals surface area (Å²) in [4.78, 5) is 36.0. The SMILES string of the molecule is CN1CCC[C@H]1c1cccnc1.CN1CCC[C@H]1c1cccnc1.O.O.O.O=C([O-])c1ccccc1C(=O)c1ccccc1.[Co+2]. The molecule has 2 fully saturated rings. The van der Waals surface area contributed by atoms with Gasteiger partial charge in [0.15, 0.2) is 5.78 Å². The van der Waals surface area contributed by atoms with Crippen molar-refractivity contribution in [3.8, 4) is 0 Å². The number of nitrogens with zero attached hydrogens (tertiary/aromatic N) is 4. The third kappa shape index (κ3) is 11.6. The maximum Gasteiger partial charge on any atom is 2.00 e. The summed E-state index contributed by atoms with van der Waals surface area (Å²) in [6.45, 7) is 2.44. The monoisotopic (exact) mass is 662 g/mol. The number of carboxylic acid groups (broad SMARTS) is 1. The van der Waals surface area contributed by atoms with Gasteiger partial charge in [0, 0.05) is 53.6 Å². The molecule has 4 aromatic rings. The Hall–Kier alpha value is -3.81. The molecule has 2 aromatic heterocycles. The molecule has 2 saturated heterocycles. The molecule has 6 N–H and O–H groups in total. The zero-order valence-corrected chi connectivity index (χ0v) is 26.6. The Morgan fingerprint density at radius 2 is 1.11 bits per heavy atom. The smallest absolute Gasteiger partial charge is 0.545 e. The fourth-order valence-electron chi connectivity index (χ4n) is 5.41. The Balaban J connectivity index is 0.000000630. The van der Waals surface area contributed by atoms with Crippen molar-refractivity contribution < 1.29 is 47.9 Å². The van der Waals surface area contributed by atoms with Gasteiger partial charge in [-0.25, -0.2) is 0 Å². The van der Waals surface area contributed by atoms with Gasteiger partial charge in [-0.3, -0.25) is 24.6 Å². The van der Waals surface area contributed by atoms with Gasteiger partial charge in [-0.2, -0.15) is 0 Å². The number of carboxylic acids is 1. The summed E-state index contributed by atoms with van der Waals surface area (Å²) in [6.07, 6.45) is 12.8. The summed E-state index contributed by atoms with van der Waals surface area (Å²) in [5.74, 6) is -1.66. The van der Waals surface area contributed by atoms with Gasteiger partial charge < -0.3 is 26.3 Å². The van der Waals surface area contributed by atoms with Crippen molar-refractivity contribution in [1.82, 2.24) is 19.8 Å². The van der Waals surface area contributed by atoms with E-state index in [-0.39, 0.29) is 50.1 Å². The topological polar surface area (TPSA) is 184 Å². The summed E-state index contributed by atoms with van der Waals surface area (Å²) >= 11 is 0. The Bertz CT molecular complexity index is 1340. The number of benzene rings is 2. The fourth-order valence-corrected chi connectivity index (χ4v) is 5.41. The first-order chi connectivity index (χ1) is 20.0. The van der Waals surface area contributed by atoms with Crippen LogP contribution in [0.2, 0.25) is 0 Å². The number of rotatable bonds is 5. The third-order valence-electron chi connectivity index (χ3n) is 7.61. The minimum absolute atomic E-state index is 0. The van der Waals surface area contributed by atoms with E-state index < -0.39 is 5.97 Å². The van der Waals surface area contributed by atoms with Crippen molar-refractivity contribution in [2.24, 2.45) is 0 Å². The number of likely N-dealkylation sites (tertiary alicyclic amines) is 2. The summed E-state index contributed by atoms with van der Waals surface area (Å²) < 4.78 is 0. The molecule has 0 amide bonds. The van der Waals surface area contributed by atoms with Gasteiger partial charge in [0.2, 0.25) is 0 Å². The molecule has 6 rings (SSSR count). The maximum atomic E-state index is 12.1. The van der Waals surface area contributed by atoms with E-state index in [1.54, 1.807) is 42.5 Å². The van der Waals surface area contributed by atoms with E-state index in [2.05, 4.69) is 46.0 Å². The van der Waals surface area contributed by atoms with Crippen molar-refractivity contribution in [2.75, 3.05) is 27.2 Å². The van der Waals surface area contributed by atoms with Gasteiger partial charge in [0.1, 0.15) is 0 Å². The van der Waals surface area contributed by atoms with Crippen molar-refractivity contribution in [1.29, 1.82) is 0 Å². The van der Waals surface area contributed by atoms with E-state index in [9.17, 15) is 14.7 Å². The molecule has 2 aromatic carbocycles. The van der Waals surface area contributed by atoms with Crippen LogP contribution in [-0.4, -0.2) is 75.1 Å². The molecule has 10 nitrogen and oxygen atoms in total. The van der Waals surface area contributed by atoms with Crippen LogP contribution in [-0.2, 0) is 16.8 Å². The molecule has 2 aliphatic heterocycles. The molecule has 2 aliphatic rings. The number of pyridine rings is 2. The first-order valence-corrected chi connectivity index (χ1v) is 14.1. The predicted octanol–water partition coefficient (Wildman–Crippen LogP) is 2.50. The standard InChI is InChI=1S/C14H10O3.2C10H14N2.Co.3H2O/c15-13(10-6-2-1-3-7-10)11-8-4-5-9-12(11)14(16)17;2*1-12-7-3-5-10(12)9-4-2-6-11-8-9;;;;/h1-9H,(H,16,17);2*2,4,6,8,10H,3,5,7H2,1H3;;3*1H2/q;;;+2;;;/p-1/t;2*10-;;;;/m.00..../s1. The van der Waals surface area contributed by atoms with E-state index in [4.69, 9.17) is 0 Å². The normalized spacial score (nSPS) is 16.8. The molecule has 0 bridgehead atoms. The Kier molecular flexibility index (Phi) is 19.2. The zero-order valence-electron chi connectivity index (χ0n) is 25.6. The molecule has 0 aliphatic carbocycles. The molecule has 2 atom stereocenters. The minimum Gasteiger partial charge on any atom is -0.545 e. The predicted molar refractivity (Wildman–Crippen MR) is 169 cm³/mol. The number of hydrogen-bond acceptors (Lipinski definition) is 7. The number of aromatic nitrogens is 2. The van der Waals surface area contributed by atoms with Crippen LogP contribution in [0.1, 0.15) is 75.2 Å². The maximum absolute atomic E-state index is 12.1. The largest absolute Gasteiger partial charge is 2.00 e. The summed E-state index contributed by atoms with van der Waals surface area (Å²) in [5, 5.41) is 10.9. The van der Waals surface area contributed by atoms with E-state index >= 15 is 0 Å². The number of aromatic carboxylic acids is 1. The second-order valence-corrected chi connectivity index (χ2v) is 10.4. The fraction of sp³-hybridized carbons (Fsp3) is 0.294. The first-order valence-electron chi connectivity index (χ1n) is 14.1. The van der Waals surface area contributed by atoms with Gasteiger partial charge in [0.25, 0.3) is 0 Å². The number of carbonyl (C=O) groups excluding carboxylic acids is 2. The Labute approximate surface area is 275 Å². The quantitative estimate of drug-likeness (QED) is 0.294. The van der Waals surface area contributed by atoms with Crippen LogP contribution in [0, 0.1) is 0 Å². The van der Waals surface area contributed by atoms with Crippen LogP contribution in [0.15, 0.2) is 104 Å². The minimum atomic E-state index is -1.34. The molecule has 0 unspecified atom stereocenters. The van der Waals surface area contributed by atoms with Crippen LogP contribution in [0.3, 0.4) is 0 Å². The van der Waals surface area contributed by atoms with Crippen molar-refractivity contribution >= 4 is 11.8 Å². The van der Waals surface area contributed by atoms with E-state index in [0.29, 0.717) is 17.6 Å². The molecular formula is C34H43CoN4O6+. The summed E-state index contributed by atoms with van der Waals surface area (Å²) in [6, 6.07) is 24.2. The van der Waals surface area contributed by atoms with E-state index in [1.165, 1.54) is 62.0 Å². The average Bonchev–Trinajstić information content (AvgIpc) is 3.66. The molecule has 1 radical (unpaired) electrons. The molecule has 11 heteroatoms. The molecule has 45 heavy (non-hydrogen) atoms. The summed E-state index contributed by atoms with van der Waals surface area (Å²) in [5.41, 5.74) is 3.25. The number of carbonyl (C=O) groups is 2. The van der Waals surface area contributed by atoms with E-state index in [0.717, 1.165) is 0 Å². The van der Waals surface area contributed by atoms with Gasteiger partial charge in [0.05, 0.1) is 5.97 Å². The van der Waals surface area contributed by atoms with Crippen LogP contribution in [0.4, 0.5) is 0 Å². The molecule has 0 spiro atoms. The molecular weight excluding hydrogens is 619 g/mol. The van der Waals surface area contributed by atoms with Crippen LogP contribution >= 0.6 is 0 Å². The molecule has 0 saturated carbocycles. The second kappa shape index (κ2) is 21.0. The van der Waals surface area contributed by atoms with Gasteiger partial charge >= 0.3 is 16.8 Å².